The summed E-state index contributed by atoms with van der Waals surface area (Å²) in [6.07, 6.45) is 1.63. The molecule has 124 valence electrons. The van der Waals surface area contributed by atoms with Crippen LogP contribution in [0.4, 0.5) is 0 Å². The zero-order chi connectivity index (χ0) is 17.4. The molecule has 2 aromatic heterocycles. The Morgan fingerprint density at radius 1 is 1.04 bits per heavy atom. The van der Waals surface area contributed by atoms with Crippen molar-refractivity contribution in [1.29, 1.82) is 0 Å². The van der Waals surface area contributed by atoms with Crippen molar-refractivity contribution in [2.24, 2.45) is 5.10 Å². The first-order valence-electron chi connectivity index (χ1n) is 7.67. The Bertz CT molecular complexity index is 913. The molecule has 1 N–H and O–H groups in total. The fourth-order valence-electron chi connectivity index (χ4n) is 3.06. The lowest BCUT2D eigenvalue weighted by Crippen LogP contribution is -1.96. The van der Waals surface area contributed by atoms with Crippen molar-refractivity contribution >= 4 is 17.0 Å². The summed E-state index contributed by atoms with van der Waals surface area (Å²) in [7, 11) is 1.52. The molecule has 1 aromatic carbocycles. The molecule has 0 aliphatic rings. The number of ether oxygens (including phenoxy) is 1. The minimum Gasteiger partial charge on any atom is -0.504 e. The lowest BCUT2D eigenvalue weighted by Gasteiger charge is -2.06. The largest absolute Gasteiger partial charge is 0.504 e. The molecule has 0 saturated carbocycles. The molecule has 3 aromatic rings. The number of hydrogen-bond donors (Lipinski definition) is 1. The van der Waals surface area contributed by atoms with Crippen LogP contribution in [-0.4, -0.2) is 33.3 Å². The van der Waals surface area contributed by atoms with Gasteiger partial charge in [0.15, 0.2) is 11.5 Å². The molecule has 2 heterocycles. The predicted octanol–water partition coefficient (Wildman–Crippen LogP) is 3.26. The SMILES string of the molecule is COc1cccc(C=Nn2c(C)c3c(C)nnc(C)c3c2C)c1O. The number of rotatable bonds is 3. The summed E-state index contributed by atoms with van der Waals surface area (Å²) in [5.74, 6) is 0.497. The molecule has 6 heteroatoms. The van der Waals surface area contributed by atoms with E-state index in [4.69, 9.17) is 4.74 Å². The number of aryl methyl sites for hydroxylation is 4. The van der Waals surface area contributed by atoms with E-state index in [1.807, 2.05) is 38.4 Å². The molecule has 0 fully saturated rings. The lowest BCUT2D eigenvalue weighted by molar-refractivity contribution is 0.373. The van der Waals surface area contributed by atoms with Crippen LogP contribution in [-0.2, 0) is 0 Å². The third-order valence-corrected chi connectivity index (χ3v) is 4.25. The van der Waals surface area contributed by atoms with Crippen molar-refractivity contribution in [2.45, 2.75) is 27.7 Å². The van der Waals surface area contributed by atoms with Gasteiger partial charge in [0, 0.05) is 27.7 Å². The van der Waals surface area contributed by atoms with Crippen LogP contribution < -0.4 is 4.74 Å². The van der Waals surface area contributed by atoms with E-state index in [0.717, 1.165) is 33.5 Å². The Morgan fingerprint density at radius 3 is 2.17 bits per heavy atom. The summed E-state index contributed by atoms with van der Waals surface area (Å²) < 4.78 is 6.98. The van der Waals surface area contributed by atoms with E-state index in [-0.39, 0.29) is 5.75 Å². The van der Waals surface area contributed by atoms with Gasteiger partial charge in [0.2, 0.25) is 0 Å². The molecule has 0 atom stereocenters. The Balaban J connectivity index is 2.15. The fraction of sp³-hybridized carbons (Fsp3) is 0.278. The van der Waals surface area contributed by atoms with Gasteiger partial charge in [-0.3, -0.25) is 0 Å². The highest BCUT2D eigenvalue weighted by molar-refractivity contribution is 5.92. The van der Waals surface area contributed by atoms with Crippen molar-refractivity contribution in [3.8, 4) is 11.5 Å². The molecule has 0 unspecified atom stereocenters. The van der Waals surface area contributed by atoms with Crippen molar-refractivity contribution in [3.05, 3.63) is 46.5 Å². The highest BCUT2D eigenvalue weighted by Gasteiger charge is 2.16. The van der Waals surface area contributed by atoms with Crippen LogP contribution in [0.2, 0.25) is 0 Å². The molecule has 0 aliphatic heterocycles. The number of fused-ring (bicyclic) bond motifs is 1. The number of phenols is 1. The quantitative estimate of drug-likeness (QED) is 0.751. The number of para-hydroxylation sites is 1. The van der Waals surface area contributed by atoms with Crippen molar-refractivity contribution in [2.75, 3.05) is 7.11 Å². The molecule has 3 rings (SSSR count). The Labute approximate surface area is 140 Å². The van der Waals surface area contributed by atoms with E-state index in [0.29, 0.717) is 11.3 Å². The average Bonchev–Trinajstić information content (AvgIpc) is 2.82. The van der Waals surface area contributed by atoms with Gasteiger partial charge in [-0.1, -0.05) is 6.07 Å². The van der Waals surface area contributed by atoms with Gasteiger partial charge in [-0.2, -0.15) is 15.3 Å². The third-order valence-electron chi connectivity index (χ3n) is 4.25. The number of benzene rings is 1. The smallest absolute Gasteiger partial charge is 0.166 e. The van der Waals surface area contributed by atoms with Crippen molar-refractivity contribution < 1.29 is 9.84 Å². The Morgan fingerprint density at radius 2 is 1.62 bits per heavy atom. The van der Waals surface area contributed by atoms with Crippen molar-refractivity contribution in [3.63, 3.8) is 0 Å². The minimum atomic E-state index is 0.0754. The van der Waals surface area contributed by atoms with Gasteiger partial charge in [0.1, 0.15) is 0 Å². The van der Waals surface area contributed by atoms with E-state index >= 15 is 0 Å². The molecule has 6 nitrogen and oxygen atoms in total. The summed E-state index contributed by atoms with van der Waals surface area (Å²) in [4.78, 5) is 0. The van der Waals surface area contributed by atoms with E-state index in [9.17, 15) is 5.11 Å². The Hall–Kier alpha value is -2.89. The fourth-order valence-corrected chi connectivity index (χ4v) is 3.06. The number of hydrogen-bond acceptors (Lipinski definition) is 5. The zero-order valence-electron chi connectivity index (χ0n) is 14.5. The maximum Gasteiger partial charge on any atom is 0.166 e. The van der Waals surface area contributed by atoms with Crippen molar-refractivity contribution in [1.82, 2.24) is 14.9 Å². The first-order valence-corrected chi connectivity index (χ1v) is 7.67. The number of nitrogens with zero attached hydrogens (tertiary/aromatic N) is 4. The second-order valence-electron chi connectivity index (χ2n) is 5.75. The van der Waals surface area contributed by atoms with Gasteiger partial charge < -0.3 is 9.84 Å². The van der Waals surface area contributed by atoms with Crippen LogP contribution in [0.5, 0.6) is 11.5 Å². The molecule has 24 heavy (non-hydrogen) atoms. The second kappa shape index (κ2) is 5.96. The summed E-state index contributed by atoms with van der Waals surface area (Å²) in [5.41, 5.74) is 4.35. The topological polar surface area (TPSA) is 72.5 Å². The maximum atomic E-state index is 10.2. The lowest BCUT2D eigenvalue weighted by atomic mass is 10.1. The van der Waals surface area contributed by atoms with Gasteiger partial charge in [0.25, 0.3) is 0 Å². The molecule has 0 bridgehead atoms. The minimum absolute atomic E-state index is 0.0754. The van der Waals surface area contributed by atoms with Crippen LogP contribution in [0.25, 0.3) is 10.8 Å². The average molecular weight is 324 g/mol. The van der Waals surface area contributed by atoms with Crippen LogP contribution in [0.1, 0.15) is 28.3 Å². The molecular weight excluding hydrogens is 304 g/mol. The predicted molar refractivity (Wildman–Crippen MR) is 94.1 cm³/mol. The van der Waals surface area contributed by atoms with E-state index in [1.165, 1.54) is 7.11 Å². The Kier molecular flexibility index (Phi) is 3.97. The van der Waals surface area contributed by atoms with Gasteiger partial charge in [-0.25, -0.2) is 4.68 Å². The normalized spacial score (nSPS) is 11.5. The highest BCUT2D eigenvalue weighted by atomic mass is 16.5. The molecule has 0 amide bonds. The van der Waals surface area contributed by atoms with Gasteiger partial charge in [-0.15, -0.1) is 0 Å². The van der Waals surface area contributed by atoms with Crippen LogP contribution in [0.15, 0.2) is 23.3 Å². The summed E-state index contributed by atoms with van der Waals surface area (Å²) in [5, 5.41) is 25.3. The number of aromatic nitrogens is 3. The summed E-state index contributed by atoms with van der Waals surface area (Å²) >= 11 is 0. The molecule has 0 radical (unpaired) electrons. The monoisotopic (exact) mass is 324 g/mol. The van der Waals surface area contributed by atoms with Crippen LogP contribution >= 0.6 is 0 Å². The van der Waals surface area contributed by atoms with Crippen LogP contribution in [0, 0.1) is 27.7 Å². The number of aromatic hydroxyl groups is 1. The first-order chi connectivity index (χ1) is 11.5. The molecule has 0 aliphatic carbocycles. The molecule has 0 saturated heterocycles. The number of phenolic OH excluding ortho intramolecular Hbond substituents is 1. The van der Waals surface area contributed by atoms with E-state index in [1.54, 1.807) is 18.3 Å². The third kappa shape index (κ3) is 2.40. The zero-order valence-corrected chi connectivity index (χ0v) is 14.5. The summed E-state index contributed by atoms with van der Waals surface area (Å²) in [6.45, 7) is 7.91. The van der Waals surface area contributed by atoms with E-state index < -0.39 is 0 Å². The maximum absolute atomic E-state index is 10.2. The number of methoxy groups -OCH3 is 1. The highest BCUT2D eigenvalue weighted by Crippen LogP contribution is 2.30. The summed E-state index contributed by atoms with van der Waals surface area (Å²) in [6, 6.07) is 5.31. The standard InChI is InChI=1S/C18H20N4O2/c1-10-16-12(3)22(13(4)17(16)11(2)21-20-10)19-9-14-7-6-8-15(24-5)18(14)23/h6-9,23H,1-5H3. The molecule has 0 spiro atoms. The molecular formula is C18H20N4O2. The van der Waals surface area contributed by atoms with Gasteiger partial charge >= 0.3 is 0 Å². The first kappa shape index (κ1) is 16.0. The van der Waals surface area contributed by atoms with Gasteiger partial charge in [0.05, 0.1) is 24.7 Å². The van der Waals surface area contributed by atoms with Gasteiger partial charge in [-0.05, 0) is 39.8 Å². The van der Waals surface area contributed by atoms with E-state index in [2.05, 4.69) is 15.3 Å². The van der Waals surface area contributed by atoms with Crippen LogP contribution in [0.3, 0.4) is 0 Å². The second-order valence-corrected chi connectivity index (χ2v) is 5.75.